The molecule has 2 rings (SSSR count). The molecule has 0 N–H and O–H groups in total. The molecule has 0 spiro atoms. The van der Waals surface area contributed by atoms with Gasteiger partial charge in [-0.1, -0.05) is 28.1 Å². The highest BCUT2D eigenvalue weighted by Gasteiger charge is 2.19. The summed E-state index contributed by atoms with van der Waals surface area (Å²) in [6.45, 7) is 0. The van der Waals surface area contributed by atoms with Crippen molar-refractivity contribution in [2.75, 3.05) is 7.11 Å². The summed E-state index contributed by atoms with van der Waals surface area (Å²) in [6.07, 6.45) is 3.76. The van der Waals surface area contributed by atoms with Crippen molar-refractivity contribution in [2.24, 2.45) is 0 Å². The van der Waals surface area contributed by atoms with Crippen LogP contribution in [0.15, 0.2) is 22.7 Å². The summed E-state index contributed by atoms with van der Waals surface area (Å²) in [7, 11) is 1.80. The summed E-state index contributed by atoms with van der Waals surface area (Å²) < 4.78 is 6.61. The third-order valence-corrected chi connectivity index (χ3v) is 3.46. The minimum Gasteiger partial charge on any atom is -0.381 e. The molecule has 0 radical (unpaired) electrons. The van der Waals surface area contributed by atoms with E-state index in [0.29, 0.717) is 6.10 Å². The maximum atomic E-state index is 5.38. The van der Waals surface area contributed by atoms with E-state index in [2.05, 4.69) is 34.1 Å². The first-order valence-electron chi connectivity index (χ1n) is 4.60. The Bertz CT molecular complexity index is 309. The molecule has 0 heterocycles. The van der Waals surface area contributed by atoms with E-state index in [0.717, 1.165) is 19.3 Å². The average Bonchev–Trinajstić information content (AvgIpc) is 2.18. The van der Waals surface area contributed by atoms with Crippen LogP contribution in [0.25, 0.3) is 0 Å². The highest BCUT2D eigenvalue weighted by molar-refractivity contribution is 9.10. The Hall–Kier alpha value is -0.340. The molecule has 0 aromatic heterocycles. The molecule has 0 amide bonds. The zero-order chi connectivity index (χ0) is 9.26. The second-order valence-corrected chi connectivity index (χ2v) is 4.33. The van der Waals surface area contributed by atoms with Gasteiger partial charge in [-0.05, 0) is 36.5 Å². The van der Waals surface area contributed by atoms with Crippen molar-refractivity contribution >= 4 is 15.9 Å². The van der Waals surface area contributed by atoms with Gasteiger partial charge in [-0.2, -0.15) is 0 Å². The van der Waals surface area contributed by atoms with Crippen molar-refractivity contribution in [1.29, 1.82) is 0 Å². The molecule has 1 aliphatic carbocycles. The molecule has 0 fully saturated rings. The number of aryl methyl sites for hydroxylation is 1. The molecule has 1 atom stereocenters. The molecular weight excluding hydrogens is 228 g/mol. The smallest absolute Gasteiger partial charge is 0.0615 e. The largest absolute Gasteiger partial charge is 0.381 e. The predicted octanol–water partition coefficient (Wildman–Crippen LogP) is 2.95. The molecule has 1 unspecified atom stereocenters. The second-order valence-electron chi connectivity index (χ2n) is 3.48. The van der Waals surface area contributed by atoms with E-state index in [9.17, 15) is 0 Å². The number of ether oxygens (including phenoxy) is 1. The topological polar surface area (TPSA) is 9.23 Å². The van der Waals surface area contributed by atoms with Crippen LogP contribution >= 0.6 is 15.9 Å². The van der Waals surface area contributed by atoms with Crippen LogP contribution in [0.3, 0.4) is 0 Å². The van der Waals surface area contributed by atoms with Crippen LogP contribution in [-0.2, 0) is 17.6 Å². The predicted molar refractivity (Wildman–Crippen MR) is 57.0 cm³/mol. The average molecular weight is 241 g/mol. The molecule has 70 valence electrons. The van der Waals surface area contributed by atoms with Crippen molar-refractivity contribution in [1.82, 2.24) is 0 Å². The fourth-order valence-corrected chi connectivity index (χ4v) is 2.48. The lowest BCUT2D eigenvalue weighted by molar-refractivity contribution is 0.0909. The van der Waals surface area contributed by atoms with E-state index in [-0.39, 0.29) is 0 Å². The standard InChI is InChI=1S/C11H13BrO/c1-13-9-6-5-8-3-2-4-11(12)10(8)7-9/h2-4,9H,5-7H2,1H3. The summed E-state index contributed by atoms with van der Waals surface area (Å²) in [5.74, 6) is 0. The zero-order valence-corrected chi connectivity index (χ0v) is 9.30. The summed E-state index contributed by atoms with van der Waals surface area (Å²) >= 11 is 3.58. The van der Waals surface area contributed by atoms with E-state index < -0.39 is 0 Å². The molecule has 0 saturated carbocycles. The maximum Gasteiger partial charge on any atom is 0.0615 e. The van der Waals surface area contributed by atoms with Gasteiger partial charge in [-0.25, -0.2) is 0 Å². The van der Waals surface area contributed by atoms with Crippen LogP contribution < -0.4 is 0 Å². The Kier molecular flexibility index (Phi) is 2.70. The van der Waals surface area contributed by atoms with Gasteiger partial charge >= 0.3 is 0 Å². The van der Waals surface area contributed by atoms with Crippen molar-refractivity contribution < 1.29 is 4.74 Å². The van der Waals surface area contributed by atoms with Crippen molar-refractivity contribution in [3.05, 3.63) is 33.8 Å². The first-order chi connectivity index (χ1) is 6.31. The van der Waals surface area contributed by atoms with Crippen molar-refractivity contribution in [3.63, 3.8) is 0 Å². The number of halogens is 1. The van der Waals surface area contributed by atoms with Crippen LogP contribution in [0, 0.1) is 0 Å². The van der Waals surface area contributed by atoms with Crippen molar-refractivity contribution in [3.8, 4) is 0 Å². The summed E-state index contributed by atoms with van der Waals surface area (Å²) in [4.78, 5) is 0. The Morgan fingerprint density at radius 2 is 2.31 bits per heavy atom. The summed E-state index contributed by atoms with van der Waals surface area (Å²) in [5.41, 5.74) is 2.91. The van der Waals surface area contributed by atoms with Crippen LogP contribution in [-0.4, -0.2) is 13.2 Å². The molecule has 1 nitrogen and oxygen atoms in total. The Balaban J connectivity index is 2.32. The Morgan fingerprint density at radius 1 is 1.46 bits per heavy atom. The van der Waals surface area contributed by atoms with Gasteiger partial charge in [0.1, 0.15) is 0 Å². The van der Waals surface area contributed by atoms with Crippen molar-refractivity contribution in [2.45, 2.75) is 25.4 Å². The number of benzene rings is 1. The second kappa shape index (κ2) is 3.81. The Labute approximate surface area is 87.2 Å². The molecule has 13 heavy (non-hydrogen) atoms. The third kappa shape index (κ3) is 1.79. The van der Waals surface area contributed by atoms with Gasteiger partial charge in [0.15, 0.2) is 0 Å². The lowest BCUT2D eigenvalue weighted by atomic mass is 9.90. The lowest BCUT2D eigenvalue weighted by Gasteiger charge is -2.24. The van der Waals surface area contributed by atoms with Crippen LogP contribution in [0.4, 0.5) is 0 Å². The number of hydrogen-bond donors (Lipinski definition) is 0. The van der Waals surface area contributed by atoms with Gasteiger partial charge in [0, 0.05) is 11.6 Å². The van der Waals surface area contributed by atoms with Crippen LogP contribution in [0.1, 0.15) is 17.5 Å². The van der Waals surface area contributed by atoms with E-state index in [1.165, 1.54) is 15.6 Å². The van der Waals surface area contributed by atoms with Gasteiger partial charge in [0.2, 0.25) is 0 Å². The minimum atomic E-state index is 0.409. The molecule has 2 heteroatoms. The normalized spacial score (nSPS) is 21.2. The van der Waals surface area contributed by atoms with Crippen LogP contribution in [0.5, 0.6) is 0 Å². The summed E-state index contributed by atoms with van der Waals surface area (Å²) in [5, 5.41) is 0. The summed E-state index contributed by atoms with van der Waals surface area (Å²) in [6, 6.07) is 6.43. The van der Waals surface area contributed by atoms with Crippen LogP contribution in [0.2, 0.25) is 0 Å². The minimum absolute atomic E-state index is 0.409. The molecule has 0 bridgehead atoms. The lowest BCUT2D eigenvalue weighted by Crippen LogP contribution is -2.21. The molecule has 1 aliphatic rings. The molecular formula is C11H13BrO. The first-order valence-corrected chi connectivity index (χ1v) is 5.39. The number of hydrogen-bond acceptors (Lipinski definition) is 1. The highest BCUT2D eigenvalue weighted by Crippen LogP contribution is 2.28. The maximum absolute atomic E-state index is 5.38. The molecule has 1 aromatic rings. The SMILES string of the molecule is COC1CCc2cccc(Br)c2C1. The number of rotatable bonds is 1. The van der Waals surface area contributed by atoms with E-state index >= 15 is 0 Å². The Morgan fingerprint density at radius 3 is 3.08 bits per heavy atom. The van der Waals surface area contributed by atoms with Gasteiger partial charge in [-0.3, -0.25) is 0 Å². The van der Waals surface area contributed by atoms with Gasteiger partial charge < -0.3 is 4.74 Å². The van der Waals surface area contributed by atoms with E-state index in [4.69, 9.17) is 4.74 Å². The molecule has 0 aliphatic heterocycles. The number of methoxy groups -OCH3 is 1. The highest BCUT2D eigenvalue weighted by atomic mass is 79.9. The van der Waals surface area contributed by atoms with E-state index in [1.807, 2.05) is 0 Å². The molecule has 1 aromatic carbocycles. The third-order valence-electron chi connectivity index (χ3n) is 2.72. The molecule has 0 saturated heterocycles. The fraction of sp³-hybridized carbons (Fsp3) is 0.455. The first kappa shape index (κ1) is 9.22. The van der Waals surface area contributed by atoms with Gasteiger partial charge in [-0.15, -0.1) is 0 Å². The van der Waals surface area contributed by atoms with Gasteiger partial charge in [0.05, 0.1) is 6.10 Å². The van der Waals surface area contributed by atoms with Gasteiger partial charge in [0.25, 0.3) is 0 Å². The quantitative estimate of drug-likeness (QED) is 0.734. The number of fused-ring (bicyclic) bond motifs is 1. The fourth-order valence-electron chi connectivity index (χ4n) is 1.91. The monoisotopic (exact) mass is 240 g/mol. The zero-order valence-electron chi connectivity index (χ0n) is 7.72. The van der Waals surface area contributed by atoms with E-state index in [1.54, 1.807) is 7.11 Å².